The molecule has 0 radical (unpaired) electrons. The zero-order valence-corrected chi connectivity index (χ0v) is 12.6. The van der Waals surface area contributed by atoms with Crippen LogP contribution in [0.15, 0.2) is 36.4 Å². The second kappa shape index (κ2) is 5.94. The molecule has 0 fully saturated rings. The van der Waals surface area contributed by atoms with Crippen molar-refractivity contribution in [2.45, 2.75) is 25.8 Å². The minimum Gasteiger partial charge on any atom is -0.493 e. The van der Waals surface area contributed by atoms with Crippen molar-refractivity contribution < 1.29 is 9.13 Å². The highest BCUT2D eigenvalue weighted by Crippen LogP contribution is 2.37. The molecule has 0 aromatic heterocycles. The lowest BCUT2D eigenvalue weighted by molar-refractivity contribution is 0.314. The van der Waals surface area contributed by atoms with Gasteiger partial charge in [0.25, 0.3) is 0 Å². The quantitative estimate of drug-likeness (QED) is 0.832. The summed E-state index contributed by atoms with van der Waals surface area (Å²) < 4.78 is 19.9. The van der Waals surface area contributed by atoms with Gasteiger partial charge in [0, 0.05) is 5.56 Å². The molecule has 110 valence electrons. The molecule has 4 heteroatoms. The van der Waals surface area contributed by atoms with Crippen molar-refractivity contribution in [2.75, 3.05) is 11.9 Å². The number of rotatable bonds is 2. The number of ether oxygens (including phenoxy) is 1. The molecule has 0 aliphatic carbocycles. The van der Waals surface area contributed by atoms with Gasteiger partial charge in [0.05, 0.1) is 23.4 Å². The molecule has 2 aromatic carbocycles. The van der Waals surface area contributed by atoms with Crippen molar-refractivity contribution in [3.8, 4) is 5.75 Å². The van der Waals surface area contributed by atoms with Crippen LogP contribution < -0.4 is 10.1 Å². The average Bonchev–Trinajstić information content (AvgIpc) is 2.68. The molecule has 0 saturated carbocycles. The number of fused-ring (bicyclic) bond motifs is 1. The van der Waals surface area contributed by atoms with Crippen molar-refractivity contribution in [2.24, 2.45) is 0 Å². The highest BCUT2D eigenvalue weighted by atomic mass is 35.5. The molecular weight excluding hydrogens is 289 g/mol. The van der Waals surface area contributed by atoms with E-state index in [1.165, 1.54) is 0 Å². The summed E-state index contributed by atoms with van der Waals surface area (Å²) >= 11 is 5.85. The van der Waals surface area contributed by atoms with Crippen LogP contribution in [0.5, 0.6) is 5.75 Å². The summed E-state index contributed by atoms with van der Waals surface area (Å²) in [6, 6.07) is 11.1. The third-order valence-corrected chi connectivity index (χ3v) is 4.07. The molecular formula is C17H17ClFNO. The fourth-order valence-electron chi connectivity index (χ4n) is 2.72. The number of hydrogen-bond donors (Lipinski definition) is 1. The van der Waals surface area contributed by atoms with Gasteiger partial charge in [0.2, 0.25) is 0 Å². The Morgan fingerprint density at radius 3 is 2.90 bits per heavy atom. The van der Waals surface area contributed by atoms with E-state index in [2.05, 4.69) is 5.32 Å². The summed E-state index contributed by atoms with van der Waals surface area (Å²) in [4.78, 5) is 0. The van der Waals surface area contributed by atoms with Gasteiger partial charge in [-0.05, 0) is 37.5 Å². The maximum Gasteiger partial charge on any atom is 0.164 e. The summed E-state index contributed by atoms with van der Waals surface area (Å²) in [5.74, 6) is 0.508. The molecule has 1 aliphatic rings. The van der Waals surface area contributed by atoms with Crippen LogP contribution in [0.2, 0.25) is 5.02 Å². The van der Waals surface area contributed by atoms with Gasteiger partial charge in [-0.25, -0.2) is 4.39 Å². The van der Waals surface area contributed by atoms with Crippen LogP contribution in [-0.4, -0.2) is 6.61 Å². The fourth-order valence-corrected chi connectivity index (χ4v) is 2.89. The van der Waals surface area contributed by atoms with E-state index < -0.39 is 5.82 Å². The Hall–Kier alpha value is -1.74. The van der Waals surface area contributed by atoms with Crippen molar-refractivity contribution in [3.05, 3.63) is 58.4 Å². The van der Waals surface area contributed by atoms with Crippen LogP contribution in [0.4, 0.5) is 10.1 Å². The second-order valence-corrected chi connectivity index (χ2v) is 5.69. The first kappa shape index (κ1) is 14.2. The first-order valence-electron chi connectivity index (χ1n) is 7.09. The van der Waals surface area contributed by atoms with Gasteiger partial charge in [-0.2, -0.15) is 0 Å². The number of hydrogen-bond acceptors (Lipinski definition) is 2. The Morgan fingerprint density at radius 1 is 1.24 bits per heavy atom. The molecule has 0 saturated heterocycles. The van der Waals surface area contributed by atoms with Gasteiger partial charge in [0.15, 0.2) is 5.82 Å². The molecule has 3 rings (SSSR count). The minimum atomic E-state index is -0.404. The van der Waals surface area contributed by atoms with Crippen LogP contribution in [0, 0.1) is 12.7 Å². The molecule has 0 spiro atoms. The summed E-state index contributed by atoms with van der Waals surface area (Å²) in [7, 11) is 0. The topological polar surface area (TPSA) is 21.3 Å². The summed E-state index contributed by atoms with van der Waals surface area (Å²) in [5, 5.41) is 3.41. The summed E-state index contributed by atoms with van der Waals surface area (Å²) in [6.07, 6.45) is 1.82. The van der Waals surface area contributed by atoms with E-state index in [0.717, 1.165) is 29.7 Å². The van der Waals surface area contributed by atoms with E-state index >= 15 is 0 Å². The van der Waals surface area contributed by atoms with E-state index in [1.807, 2.05) is 25.1 Å². The first-order chi connectivity index (χ1) is 10.2. The number of aryl methyl sites for hydroxylation is 1. The number of benzene rings is 2. The summed E-state index contributed by atoms with van der Waals surface area (Å²) in [5.41, 5.74) is 2.61. The molecule has 1 N–H and O–H groups in total. The molecule has 1 unspecified atom stereocenters. The van der Waals surface area contributed by atoms with Gasteiger partial charge < -0.3 is 10.1 Å². The molecule has 2 nitrogen and oxygen atoms in total. The third kappa shape index (κ3) is 2.84. The Morgan fingerprint density at radius 2 is 2.05 bits per heavy atom. The number of nitrogens with one attached hydrogen (secondary N) is 1. The first-order valence-corrected chi connectivity index (χ1v) is 7.47. The predicted octanol–water partition coefficient (Wildman–Crippen LogP) is 5.11. The highest BCUT2D eigenvalue weighted by Gasteiger charge is 2.22. The van der Waals surface area contributed by atoms with Gasteiger partial charge >= 0.3 is 0 Å². The maximum atomic E-state index is 14.1. The number of halogens is 2. The molecule has 1 aliphatic heterocycles. The van der Waals surface area contributed by atoms with Gasteiger partial charge in [-0.1, -0.05) is 35.9 Å². The van der Waals surface area contributed by atoms with E-state index in [4.69, 9.17) is 16.3 Å². The van der Waals surface area contributed by atoms with Crippen LogP contribution in [0.3, 0.4) is 0 Å². The normalized spacial score (nSPS) is 17.6. The van der Waals surface area contributed by atoms with Gasteiger partial charge in [0.1, 0.15) is 5.75 Å². The van der Waals surface area contributed by atoms with Crippen molar-refractivity contribution >= 4 is 17.3 Å². The predicted molar refractivity (Wildman–Crippen MR) is 83.7 cm³/mol. The Balaban J connectivity index is 1.96. The van der Waals surface area contributed by atoms with E-state index in [0.29, 0.717) is 12.3 Å². The Bertz CT molecular complexity index is 659. The van der Waals surface area contributed by atoms with Crippen LogP contribution >= 0.6 is 11.6 Å². The van der Waals surface area contributed by atoms with Crippen LogP contribution in [0.1, 0.15) is 30.0 Å². The molecule has 0 bridgehead atoms. The van der Waals surface area contributed by atoms with E-state index in [9.17, 15) is 4.39 Å². The SMILES string of the molecule is Cc1cccc2c1OCCCC2Nc1cccc(Cl)c1F. The van der Waals surface area contributed by atoms with Gasteiger partial charge in [-0.3, -0.25) is 0 Å². The zero-order valence-electron chi connectivity index (χ0n) is 11.8. The fraction of sp³-hybridized carbons (Fsp3) is 0.294. The maximum absolute atomic E-state index is 14.1. The van der Waals surface area contributed by atoms with Crippen molar-refractivity contribution in [1.29, 1.82) is 0 Å². The standard InChI is InChI=1S/C17H17ClFNO/c1-11-5-2-6-12-14(9-4-10-21-17(11)12)20-15-8-3-7-13(18)16(15)19/h2-3,5-8,14,20H,4,9-10H2,1H3. The molecule has 1 heterocycles. The van der Waals surface area contributed by atoms with E-state index in [-0.39, 0.29) is 11.1 Å². The monoisotopic (exact) mass is 305 g/mol. The molecule has 0 amide bonds. The highest BCUT2D eigenvalue weighted by molar-refractivity contribution is 6.31. The molecule has 2 aromatic rings. The molecule has 1 atom stereocenters. The Kier molecular flexibility index (Phi) is 4.02. The lowest BCUT2D eigenvalue weighted by atomic mass is 9.99. The van der Waals surface area contributed by atoms with Gasteiger partial charge in [-0.15, -0.1) is 0 Å². The Labute approximate surface area is 128 Å². The number of anilines is 1. The number of para-hydroxylation sites is 1. The smallest absolute Gasteiger partial charge is 0.164 e. The molecule has 21 heavy (non-hydrogen) atoms. The van der Waals surface area contributed by atoms with Crippen molar-refractivity contribution in [1.82, 2.24) is 0 Å². The largest absolute Gasteiger partial charge is 0.493 e. The van der Waals surface area contributed by atoms with Crippen LogP contribution in [-0.2, 0) is 0 Å². The lowest BCUT2D eigenvalue weighted by Gasteiger charge is -2.21. The zero-order chi connectivity index (χ0) is 14.8. The second-order valence-electron chi connectivity index (χ2n) is 5.28. The lowest BCUT2D eigenvalue weighted by Crippen LogP contribution is -2.11. The summed E-state index contributed by atoms with van der Waals surface area (Å²) in [6.45, 7) is 2.72. The minimum absolute atomic E-state index is 0.0235. The third-order valence-electron chi connectivity index (χ3n) is 3.78. The van der Waals surface area contributed by atoms with Crippen LogP contribution in [0.25, 0.3) is 0 Å². The van der Waals surface area contributed by atoms with Crippen molar-refractivity contribution in [3.63, 3.8) is 0 Å². The average molecular weight is 306 g/mol. The van der Waals surface area contributed by atoms with E-state index in [1.54, 1.807) is 18.2 Å².